The zero-order chi connectivity index (χ0) is 13.2. The summed E-state index contributed by atoms with van der Waals surface area (Å²) in [6.07, 6.45) is 9.91. The van der Waals surface area contributed by atoms with Gasteiger partial charge < -0.3 is 10.6 Å². The van der Waals surface area contributed by atoms with E-state index in [1.54, 1.807) is 0 Å². The number of hydrogen-bond acceptors (Lipinski definition) is 3. The van der Waals surface area contributed by atoms with Crippen LogP contribution in [0.4, 0.5) is 0 Å². The average Bonchev–Trinajstić information content (AvgIpc) is 2.38. The minimum absolute atomic E-state index is 0.0374. The van der Waals surface area contributed by atoms with Crippen molar-refractivity contribution in [1.29, 1.82) is 0 Å². The number of nitrogens with one attached hydrogen (secondary N) is 2. The lowest BCUT2D eigenvalue weighted by Gasteiger charge is -2.35. The zero-order valence-corrected chi connectivity index (χ0v) is 11.4. The minimum Gasteiger partial charge on any atom is -0.344 e. The first-order valence-electron chi connectivity index (χ1n) is 6.92. The topological polar surface area (TPSA) is 44.4 Å². The van der Waals surface area contributed by atoms with E-state index < -0.39 is 0 Å². The van der Waals surface area contributed by atoms with Gasteiger partial charge in [-0.05, 0) is 32.4 Å². The van der Waals surface area contributed by atoms with Crippen LogP contribution in [0.1, 0.15) is 32.6 Å². The van der Waals surface area contributed by atoms with Gasteiger partial charge in [-0.2, -0.15) is 0 Å². The molecule has 1 atom stereocenters. The van der Waals surface area contributed by atoms with Gasteiger partial charge in [0.05, 0.1) is 13.1 Å². The molecular formula is C14H25N3O. The molecule has 2 N–H and O–H groups in total. The Kier molecular flexibility index (Phi) is 7.47. The number of nitrogens with zero attached hydrogens (tertiary/aromatic N) is 1. The maximum absolute atomic E-state index is 11.7. The van der Waals surface area contributed by atoms with Crippen LogP contribution in [0.5, 0.6) is 0 Å². The second-order valence-corrected chi connectivity index (χ2v) is 4.81. The number of carbonyl (C=O) groups is 1. The summed E-state index contributed by atoms with van der Waals surface area (Å²) in [6.45, 7) is 6.01. The highest BCUT2D eigenvalue weighted by atomic mass is 16.2. The van der Waals surface area contributed by atoms with Crippen molar-refractivity contribution in [1.82, 2.24) is 15.5 Å². The molecule has 1 rings (SSSR count). The van der Waals surface area contributed by atoms with E-state index in [4.69, 9.17) is 6.42 Å². The summed E-state index contributed by atoms with van der Waals surface area (Å²) in [5, 5.41) is 6.18. The maximum Gasteiger partial charge on any atom is 0.234 e. The summed E-state index contributed by atoms with van der Waals surface area (Å²) in [4.78, 5) is 14.0. The maximum atomic E-state index is 11.7. The Morgan fingerprint density at radius 3 is 3.06 bits per heavy atom. The van der Waals surface area contributed by atoms with E-state index in [1.165, 1.54) is 19.3 Å². The second-order valence-electron chi connectivity index (χ2n) is 4.81. The fraction of sp³-hybridized carbons (Fsp3) is 0.786. The summed E-state index contributed by atoms with van der Waals surface area (Å²) in [5.74, 6) is 2.46. The first kappa shape index (κ1) is 15.0. The number of piperidine rings is 1. The summed E-state index contributed by atoms with van der Waals surface area (Å²) >= 11 is 0. The van der Waals surface area contributed by atoms with Crippen molar-refractivity contribution in [2.24, 2.45) is 0 Å². The molecule has 4 heteroatoms. The van der Waals surface area contributed by atoms with E-state index in [0.29, 0.717) is 19.1 Å². The van der Waals surface area contributed by atoms with E-state index in [-0.39, 0.29) is 5.91 Å². The number of rotatable bonds is 7. The molecule has 1 heterocycles. The van der Waals surface area contributed by atoms with Crippen LogP contribution in [0, 0.1) is 12.3 Å². The van der Waals surface area contributed by atoms with Gasteiger partial charge in [0.2, 0.25) is 5.91 Å². The molecule has 18 heavy (non-hydrogen) atoms. The van der Waals surface area contributed by atoms with Crippen molar-refractivity contribution in [3.05, 3.63) is 0 Å². The van der Waals surface area contributed by atoms with Crippen molar-refractivity contribution < 1.29 is 4.79 Å². The highest BCUT2D eigenvalue weighted by molar-refractivity contribution is 5.78. The van der Waals surface area contributed by atoms with Gasteiger partial charge in [-0.15, -0.1) is 6.42 Å². The Labute approximate surface area is 110 Å². The van der Waals surface area contributed by atoms with Gasteiger partial charge in [-0.3, -0.25) is 9.69 Å². The lowest BCUT2D eigenvalue weighted by atomic mass is 10.0. The van der Waals surface area contributed by atoms with E-state index in [9.17, 15) is 4.79 Å². The standard InChI is InChI=1S/C14H25N3O/c1-3-8-15-11-13-7-5-6-10-17(13)12-14(18)16-9-4-2/h2,13,15H,3,5-12H2,1H3,(H,16,18). The second kappa shape index (κ2) is 8.96. The van der Waals surface area contributed by atoms with Crippen LogP contribution < -0.4 is 10.6 Å². The molecule has 1 aliphatic heterocycles. The SMILES string of the molecule is C#CCNC(=O)CN1CCCCC1CNCCC. The average molecular weight is 251 g/mol. The smallest absolute Gasteiger partial charge is 0.234 e. The monoisotopic (exact) mass is 251 g/mol. The van der Waals surface area contributed by atoms with Crippen molar-refractivity contribution in [2.45, 2.75) is 38.6 Å². The molecule has 1 fully saturated rings. The molecule has 0 aromatic heterocycles. The summed E-state index contributed by atoms with van der Waals surface area (Å²) < 4.78 is 0. The number of amides is 1. The Hall–Kier alpha value is -1.05. The Morgan fingerprint density at radius 1 is 1.50 bits per heavy atom. The van der Waals surface area contributed by atoms with Gasteiger partial charge in [0.15, 0.2) is 0 Å². The first-order valence-corrected chi connectivity index (χ1v) is 6.92. The van der Waals surface area contributed by atoms with Gasteiger partial charge in [0.1, 0.15) is 0 Å². The predicted octanol–water partition coefficient (Wildman–Crippen LogP) is 0.590. The fourth-order valence-corrected chi connectivity index (χ4v) is 2.33. The number of terminal acetylenes is 1. The van der Waals surface area contributed by atoms with Crippen LogP contribution in [0.3, 0.4) is 0 Å². The van der Waals surface area contributed by atoms with Gasteiger partial charge in [-0.1, -0.05) is 19.3 Å². The Bertz CT molecular complexity index is 285. The van der Waals surface area contributed by atoms with Gasteiger partial charge >= 0.3 is 0 Å². The number of likely N-dealkylation sites (tertiary alicyclic amines) is 1. The molecule has 4 nitrogen and oxygen atoms in total. The molecule has 0 saturated carbocycles. The molecule has 0 aromatic rings. The first-order chi connectivity index (χ1) is 8.77. The van der Waals surface area contributed by atoms with Crippen molar-refractivity contribution in [2.75, 3.05) is 32.7 Å². The molecular weight excluding hydrogens is 226 g/mol. The van der Waals surface area contributed by atoms with Crippen LogP contribution in [-0.4, -0.2) is 49.6 Å². The van der Waals surface area contributed by atoms with Crippen molar-refractivity contribution >= 4 is 5.91 Å². The van der Waals surface area contributed by atoms with Gasteiger partial charge in [-0.25, -0.2) is 0 Å². The lowest BCUT2D eigenvalue weighted by Crippen LogP contribution is -2.49. The van der Waals surface area contributed by atoms with E-state index in [1.807, 2.05) is 0 Å². The van der Waals surface area contributed by atoms with Crippen LogP contribution in [0.15, 0.2) is 0 Å². The van der Waals surface area contributed by atoms with Crippen LogP contribution in [-0.2, 0) is 4.79 Å². The van der Waals surface area contributed by atoms with E-state index in [0.717, 1.165) is 26.1 Å². The van der Waals surface area contributed by atoms with Crippen LogP contribution >= 0.6 is 0 Å². The lowest BCUT2D eigenvalue weighted by molar-refractivity contribution is -0.122. The Balaban J connectivity index is 2.34. The predicted molar refractivity (Wildman–Crippen MR) is 74.2 cm³/mol. The third-order valence-electron chi connectivity index (χ3n) is 3.29. The van der Waals surface area contributed by atoms with E-state index in [2.05, 4.69) is 28.4 Å². The molecule has 0 bridgehead atoms. The normalized spacial score (nSPS) is 20.3. The van der Waals surface area contributed by atoms with Crippen LogP contribution in [0.25, 0.3) is 0 Å². The zero-order valence-electron chi connectivity index (χ0n) is 11.4. The molecule has 0 aliphatic carbocycles. The fourth-order valence-electron chi connectivity index (χ4n) is 2.33. The van der Waals surface area contributed by atoms with E-state index >= 15 is 0 Å². The highest BCUT2D eigenvalue weighted by Gasteiger charge is 2.23. The summed E-state index contributed by atoms with van der Waals surface area (Å²) in [7, 11) is 0. The largest absolute Gasteiger partial charge is 0.344 e. The summed E-state index contributed by atoms with van der Waals surface area (Å²) in [5.41, 5.74) is 0. The third kappa shape index (κ3) is 5.52. The minimum atomic E-state index is 0.0374. The molecule has 0 radical (unpaired) electrons. The molecule has 0 aromatic carbocycles. The quantitative estimate of drug-likeness (QED) is 0.514. The third-order valence-corrected chi connectivity index (χ3v) is 3.29. The van der Waals surface area contributed by atoms with Crippen LogP contribution in [0.2, 0.25) is 0 Å². The summed E-state index contributed by atoms with van der Waals surface area (Å²) in [6, 6.07) is 0.488. The molecule has 0 spiro atoms. The number of hydrogen-bond donors (Lipinski definition) is 2. The van der Waals surface area contributed by atoms with Gasteiger partial charge in [0.25, 0.3) is 0 Å². The van der Waals surface area contributed by atoms with Crippen molar-refractivity contribution in [3.8, 4) is 12.3 Å². The molecule has 102 valence electrons. The van der Waals surface area contributed by atoms with Gasteiger partial charge in [0, 0.05) is 12.6 Å². The van der Waals surface area contributed by atoms with Crippen molar-refractivity contribution in [3.63, 3.8) is 0 Å². The molecule has 1 unspecified atom stereocenters. The molecule has 1 aliphatic rings. The Morgan fingerprint density at radius 2 is 2.33 bits per heavy atom. The molecule has 1 saturated heterocycles. The highest BCUT2D eigenvalue weighted by Crippen LogP contribution is 2.15. The number of carbonyl (C=O) groups excluding carboxylic acids is 1. The molecule has 1 amide bonds.